The number of likely N-dealkylation sites (tertiary alicyclic amines) is 1. The molecule has 1 heterocycles. The Balaban J connectivity index is 2.42. The van der Waals surface area contributed by atoms with E-state index in [1.807, 2.05) is 0 Å². The zero-order chi connectivity index (χ0) is 13.5. The Hall–Kier alpha value is -1.26. The van der Waals surface area contributed by atoms with Gasteiger partial charge in [-0.25, -0.2) is 4.79 Å². The van der Waals surface area contributed by atoms with E-state index in [9.17, 15) is 9.59 Å². The van der Waals surface area contributed by atoms with Crippen LogP contribution in [0.2, 0.25) is 0 Å². The number of carbonyl (C=O) groups excluding carboxylic acids is 1. The van der Waals surface area contributed by atoms with Crippen molar-refractivity contribution in [2.24, 2.45) is 5.92 Å². The summed E-state index contributed by atoms with van der Waals surface area (Å²) < 4.78 is 0. The minimum atomic E-state index is -0.791. The topological polar surface area (TPSA) is 60.9 Å². The lowest BCUT2D eigenvalue weighted by atomic mass is 9.99. The van der Waals surface area contributed by atoms with E-state index in [1.54, 1.807) is 16.8 Å². The Bertz CT molecular complexity index is 294. The van der Waals surface area contributed by atoms with Gasteiger partial charge in [-0.05, 0) is 19.3 Å². The van der Waals surface area contributed by atoms with Crippen LogP contribution in [0.5, 0.6) is 0 Å². The van der Waals surface area contributed by atoms with Gasteiger partial charge in [0.25, 0.3) is 0 Å². The van der Waals surface area contributed by atoms with Crippen LogP contribution in [-0.4, -0.2) is 53.6 Å². The maximum atomic E-state index is 12.1. The molecule has 0 bridgehead atoms. The molecular formula is C13H24N2O3. The van der Waals surface area contributed by atoms with Gasteiger partial charge in [-0.2, -0.15) is 0 Å². The quantitative estimate of drug-likeness (QED) is 0.766. The van der Waals surface area contributed by atoms with E-state index >= 15 is 0 Å². The molecule has 1 atom stereocenters. The highest BCUT2D eigenvalue weighted by Crippen LogP contribution is 2.17. The van der Waals surface area contributed by atoms with E-state index in [1.165, 1.54) is 0 Å². The summed E-state index contributed by atoms with van der Waals surface area (Å²) in [5, 5.41) is 9.00. The molecule has 1 saturated heterocycles. The van der Waals surface area contributed by atoms with Crippen LogP contribution in [0.1, 0.15) is 39.0 Å². The molecule has 1 rings (SSSR count). The first-order valence-electron chi connectivity index (χ1n) is 6.79. The molecule has 1 aliphatic heterocycles. The van der Waals surface area contributed by atoms with Gasteiger partial charge in [0.1, 0.15) is 0 Å². The Morgan fingerprint density at radius 3 is 2.72 bits per heavy atom. The number of carboxylic acid groups (broad SMARTS) is 1. The van der Waals surface area contributed by atoms with Gasteiger partial charge >= 0.3 is 12.0 Å². The second-order valence-corrected chi connectivity index (χ2v) is 5.03. The van der Waals surface area contributed by atoms with E-state index in [0.717, 1.165) is 32.2 Å². The van der Waals surface area contributed by atoms with Crippen molar-refractivity contribution in [3.63, 3.8) is 0 Å². The number of aliphatic carboxylic acids is 1. The van der Waals surface area contributed by atoms with Crippen molar-refractivity contribution >= 4 is 12.0 Å². The van der Waals surface area contributed by atoms with Gasteiger partial charge in [0.05, 0.1) is 5.92 Å². The van der Waals surface area contributed by atoms with Gasteiger partial charge in [-0.3, -0.25) is 4.79 Å². The number of carboxylic acids is 1. The summed E-state index contributed by atoms with van der Waals surface area (Å²) in [7, 11) is 1.79. The fourth-order valence-electron chi connectivity index (χ4n) is 2.29. The molecule has 0 radical (unpaired) electrons. The molecule has 5 nitrogen and oxygen atoms in total. The Labute approximate surface area is 109 Å². The average molecular weight is 256 g/mol. The molecule has 1 fully saturated rings. The molecule has 0 saturated carbocycles. The summed E-state index contributed by atoms with van der Waals surface area (Å²) in [5.41, 5.74) is 0. The largest absolute Gasteiger partial charge is 0.481 e. The normalized spacial score (nSPS) is 19.7. The third kappa shape index (κ3) is 4.20. The van der Waals surface area contributed by atoms with Gasteiger partial charge in [0.15, 0.2) is 0 Å². The zero-order valence-corrected chi connectivity index (χ0v) is 11.4. The van der Waals surface area contributed by atoms with Crippen molar-refractivity contribution in [2.75, 3.05) is 26.7 Å². The first-order chi connectivity index (χ1) is 8.56. The summed E-state index contributed by atoms with van der Waals surface area (Å²) >= 11 is 0. The molecule has 0 aliphatic carbocycles. The number of amides is 2. The van der Waals surface area contributed by atoms with Crippen LogP contribution in [-0.2, 0) is 4.79 Å². The molecule has 18 heavy (non-hydrogen) atoms. The molecule has 0 spiro atoms. The van der Waals surface area contributed by atoms with E-state index in [2.05, 4.69) is 6.92 Å². The zero-order valence-electron chi connectivity index (χ0n) is 11.4. The Kier molecular flexibility index (Phi) is 5.95. The number of unbranched alkanes of at least 4 members (excludes halogenated alkanes) is 2. The third-order valence-corrected chi connectivity index (χ3v) is 3.46. The Morgan fingerprint density at radius 1 is 1.39 bits per heavy atom. The maximum Gasteiger partial charge on any atom is 0.319 e. The van der Waals surface area contributed by atoms with Crippen LogP contribution in [0, 0.1) is 5.92 Å². The lowest BCUT2D eigenvalue weighted by molar-refractivity contribution is -0.143. The fourth-order valence-corrected chi connectivity index (χ4v) is 2.29. The highest BCUT2D eigenvalue weighted by molar-refractivity contribution is 5.76. The molecule has 0 aromatic heterocycles. The van der Waals surface area contributed by atoms with Gasteiger partial charge in [-0.1, -0.05) is 19.8 Å². The van der Waals surface area contributed by atoms with Crippen molar-refractivity contribution < 1.29 is 14.7 Å². The molecule has 1 aliphatic rings. The first-order valence-corrected chi connectivity index (χ1v) is 6.79. The lowest BCUT2D eigenvalue weighted by Crippen LogP contribution is -2.47. The molecule has 0 aromatic carbocycles. The van der Waals surface area contributed by atoms with Crippen LogP contribution < -0.4 is 0 Å². The molecule has 2 amide bonds. The van der Waals surface area contributed by atoms with Crippen molar-refractivity contribution in [3.05, 3.63) is 0 Å². The molecule has 1 N–H and O–H groups in total. The van der Waals surface area contributed by atoms with Crippen LogP contribution in [0.25, 0.3) is 0 Å². The third-order valence-electron chi connectivity index (χ3n) is 3.46. The van der Waals surface area contributed by atoms with Gasteiger partial charge in [-0.15, -0.1) is 0 Å². The Morgan fingerprint density at radius 2 is 2.11 bits per heavy atom. The van der Waals surface area contributed by atoms with Crippen LogP contribution in [0.4, 0.5) is 4.79 Å². The lowest BCUT2D eigenvalue weighted by Gasteiger charge is -2.33. The predicted molar refractivity (Wildman–Crippen MR) is 69.5 cm³/mol. The highest BCUT2D eigenvalue weighted by Gasteiger charge is 2.29. The monoisotopic (exact) mass is 256 g/mol. The fraction of sp³-hybridized carbons (Fsp3) is 0.846. The summed E-state index contributed by atoms with van der Waals surface area (Å²) in [6.45, 7) is 3.91. The van der Waals surface area contributed by atoms with Gasteiger partial charge in [0, 0.05) is 26.7 Å². The minimum absolute atomic E-state index is 0.0305. The second-order valence-electron chi connectivity index (χ2n) is 5.03. The number of rotatable bonds is 5. The van der Waals surface area contributed by atoms with Crippen molar-refractivity contribution in [1.82, 2.24) is 9.80 Å². The molecule has 0 aromatic rings. The minimum Gasteiger partial charge on any atom is -0.481 e. The maximum absolute atomic E-state index is 12.1. The first kappa shape index (κ1) is 14.8. The van der Waals surface area contributed by atoms with Crippen LogP contribution in [0.15, 0.2) is 0 Å². The van der Waals surface area contributed by atoms with E-state index in [-0.39, 0.29) is 6.03 Å². The number of urea groups is 1. The van der Waals surface area contributed by atoms with Crippen LogP contribution >= 0.6 is 0 Å². The van der Waals surface area contributed by atoms with E-state index in [0.29, 0.717) is 19.5 Å². The molecule has 5 heteroatoms. The molecule has 0 unspecified atom stereocenters. The average Bonchev–Trinajstić information content (AvgIpc) is 2.38. The summed E-state index contributed by atoms with van der Waals surface area (Å²) in [5.74, 6) is -1.19. The predicted octanol–water partition coefficient (Wildman–Crippen LogP) is 2.03. The number of piperidine rings is 1. The summed E-state index contributed by atoms with van der Waals surface area (Å²) in [6, 6.07) is -0.0305. The van der Waals surface area contributed by atoms with Gasteiger partial charge < -0.3 is 14.9 Å². The molecular weight excluding hydrogens is 232 g/mol. The van der Waals surface area contributed by atoms with E-state index < -0.39 is 11.9 Å². The summed E-state index contributed by atoms with van der Waals surface area (Å²) in [6.07, 6.45) is 4.72. The van der Waals surface area contributed by atoms with Crippen LogP contribution in [0.3, 0.4) is 0 Å². The SMILES string of the molecule is CCCCCN(C)C(=O)N1CCC[C@@H](C(=O)O)C1. The number of carbonyl (C=O) groups is 2. The van der Waals surface area contributed by atoms with Crippen molar-refractivity contribution in [1.29, 1.82) is 0 Å². The second kappa shape index (κ2) is 7.24. The number of hydrogen-bond acceptors (Lipinski definition) is 2. The number of hydrogen-bond donors (Lipinski definition) is 1. The smallest absolute Gasteiger partial charge is 0.319 e. The van der Waals surface area contributed by atoms with Crippen molar-refractivity contribution in [3.8, 4) is 0 Å². The highest BCUT2D eigenvalue weighted by atomic mass is 16.4. The van der Waals surface area contributed by atoms with Crippen molar-refractivity contribution in [2.45, 2.75) is 39.0 Å². The van der Waals surface area contributed by atoms with Gasteiger partial charge in [0.2, 0.25) is 0 Å². The summed E-state index contributed by atoms with van der Waals surface area (Å²) in [4.78, 5) is 26.5. The van der Waals surface area contributed by atoms with E-state index in [4.69, 9.17) is 5.11 Å². The standard InChI is InChI=1S/C13H24N2O3/c1-3-4-5-8-14(2)13(18)15-9-6-7-11(10-15)12(16)17/h11H,3-10H2,1-2H3,(H,16,17)/t11-/m1/s1. The molecule has 104 valence electrons. The number of nitrogens with zero attached hydrogens (tertiary/aromatic N) is 2.